The van der Waals surface area contributed by atoms with Crippen molar-refractivity contribution >= 4 is 31.4 Å². The van der Waals surface area contributed by atoms with Gasteiger partial charge in [0, 0.05) is 130 Å². The van der Waals surface area contributed by atoms with Gasteiger partial charge in [-0.3, -0.25) is 4.79 Å². The van der Waals surface area contributed by atoms with Gasteiger partial charge in [0.25, 0.3) is 0 Å². The molecular formula is C32H47BN3O3Y3-3. The quantitative estimate of drug-likeness (QED) is 0.165. The summed E-state index contributed by atoms with van der Waals surface area (Å²) in [5, 5.41) is 1.87. The van der Waals surface area contributed by atoms with Crippen molar-refractivity contribution in [1.82, 2.24) is 5.32 Å². The van der Waals surface area contributed by atoms with Crippen molar-refractivity contribution < 1.29 is 112 Å². The number of nitrogens with one attached hydrogen (secondary N) is 1. The van der Waals surface area contributed by atoms with Crippen molar-refractivity contribution in [3.63, 3.8) is 0 Å². The van der Waals surface area contributed by atoms with E-state index in [9.17, 15) is 9.59 Å². The zero-order valence-corrected chi connectivity index (χ0v) is 35.0. The Morgan fingerprint density at radius 2 is 1.81 bits per heavy atom. The van der Waals surface area contributed by atoms with E-state index in [4.69, 9.17) is 12.6 Å². The molecule has 10 heteroatoms. The van der Waals surface area contributed by atoms with Crippen LogP contribution in [0.25, 0.3) is 0 Å². The second-order valence-electron chi connectivity index (χ2n) is 10.5. The third-order valence-corrected chi connectivity index (χ3v) is 7.16. The molecule has 0 heterocycles. The Morgan fingerprint density at radius 1 is 1.14 bits per heavy atom. The van der Waals surface area contributed by atoms with Crippen LogP contribution in [0.3, 0.4) is 0 Å². The van der Waals surface area contributed by atoms with Crippen molar-refractivity contribution in [2.24, 2.45) is 5.92 Å². The molecule has 2 aromatic rings. The van der Waals surface area contributed by atoms with E-state index in [-0.39, 0.29) is 125 Å². The number of nitrogens with zero attached hydrogens (tertiary/aromatic N) is 2. The number of benzene rings is 2. The van der Waals surface area contributed by atoms with E-state index in [1.807, 2.05) is 49.3 Å². The summed E-state index contributed by atoms with van der Waals surface area (Å²) in [6.07, 6.45) is 8.04. The van der Waals surface area contributed by atoms with Crippen LogP contribution in [0, 0.1) is 27.2 Å². The van der Waals surface area contributed by atoms with E-state index in [2.05, 4.69) is 48.8 Å². The van der Waals surface area contributed by atoms with Gasteiger partial charge in [0.05, 0.1) is 13.5 Å². The number of amides is 1. The summed E-state index contributed by atoms with van der Waals surface area (Å²) >= 11 is 0. The van der Waals surface area contributed by atoms with Crippen molar-refractivity contribution in [3.8, 4) is 5.75 Å². The fourth-order valence-electron chi connectivity index (χ4n) is 5.00. The summed E-state index contributed by atoms with van der Waals surface area (Å²) in [6.45, 7) is 3.02. The summed E-state index contributed by atoms with van der Waals surface area (Å²) in [5.41, 5.74) is 3.24. The van der Waals surface area contributed by atoms with Crippen LogP contribution in [0.5, 0.6) is 5.75 Å². The van der Waals surface area contributed by atoms with E-state index in [0.717, 1.165) is 49.9 Å². The Balaban J connectivity index is -0.00000304. The monoisotopic (exact) mass is 799 g/mol. The SMILES string of the molecule is [B]C1(C(=O)NC(C=O)COc2ccc(N(C)C[CH-]CC)cc2N(C)C)CCCC(Cc2ccccc2)C1.[CH3-].[CH3-].[Y].[Y].[Y]. The van der Waals surface area contributed by atoms with Crippen LogP contribution in [0.4, 0.5) is 11.4 Å². The number of aldehydes is 1. The maximum Gasteiger partial charge on any atom is 0.218 e. The average Bonchev–Trinajstić information content (AvgIpc) is 2.90. The van der Waals surface area contributed by atoms with Gasteiger partial charge < -0.3 is 45.9 Å². The largest absolute Gasteiger partial charge is 0.489 e. The predicted molar refractivity (Wildman–Crippen MR) is 165 cm³/mol. The van der Waals surface area contributed by atoms with E-state index in [0.29, 0.717) is 24.5 Å². The summed E-state index contributed by atoms with van der Waals surface area (Å²) in [5.74, 6) is 0.723. The smallest absolute Gasteiger partial charge is 0.218 e. The van der Waals surface area contributed by atoms with E-state index >= 15 is 0 Å². The third-order valence-electron chi connectivity index (χ3n) is 7.16. The first-order valence-corrected chi connectivity index (χ1v) is 13.3. The fraction of sp³-hybridized carbons (Fsp3) is 0.469. The average molecular weight is 799 g/mol. The Bertz CT molecular complexity index is 1030. The fourth-order valence-corrected chi connectivity index (χ4v) is 5.00. The van der Waals surface area contributed by atoms with Gasteiger partial charge in [-0.1, -0.05) is 50.1 Å². The number of hydrogen-bond donors (Lipinski definition) is 1. The molecule has 1 aliphatic rings. The number of anilines is 2. The van der Waals surface area contributed by atoms with Gasteiger partial charge >= 0.3 is 0 Å². The van der Waals surface area contributed by atoms with E-state index < -0.39 is 11.4 Å². The Labute approximate surface area is 333 Å². The molecule has 223 valence electrons. The molecule has 1 fully saturated rings. The number of unbranched alkanes of at least 4 members (excludes halogenated alkanes) is 1. The van der Waals surface area contributed by atoms with Crippen LogP contribution >= 0.6 is 0 Å². The Hall–Kier alpha value is 0.357. The number of rotatable bonds is 13. The van der Waals surface area contributed by atoms with Crippen LogP contribution in [0.15, 0.2) is 48.5 Å². The van der Waals surface area contributed by atoms with Gasteiger partial charge in [0.2, 0.25) is 5.91 Å². The van der Waals surface area contributed by atoms with Gasteiger partial charge in [-0.15, -0.1) is 6.54 Å². The summed E-state index contributed by atoms with van der Waals surface area (Å²) < 4.78 is 6.03. The molecule has 1 N–H and O–H groups in total. The molecular weight excluding hydrogens is 752 g/mol. The molecule has 42 heavy (non-hydrogen) atoms. The van der Waals surface area contributed by atoms with E-state index in [1.165, 1.54) is 5.56 Å². The molecule has 1 amide bonds. The zero-order valence-electron chi connectivity index (χ0n) is 26.5. The molecule has 0 saturated heterocycles. The second-order valence-corrected chi connectivity index (χ2v) is 10.5. The first kappa shape index (κ1) is 46.8. The molecule has 0 aromatic heterocycles. The minimum absolute atomic E-state index is 0. The van der Waals surface area contributed by atoms with Crippen LogP contribution in [-0.4, -0.2) is 60.4 Å². The maximum absolute atomic E-state index is 13.2. The summed E-state index contributed by atoms with van der Waals surface area (Å²) in [4.78, 5) is 29.2. The molecule has 2 aromatic carbocycles. The molecule has 3 atom stereocenters. The molecule has 1 saturated carbocycles. The third kappa shape index (κ3) is 14.2. The normalized spacial score (nSPS) is 17.7. The van der Waals surface area contributed by atoms with Crippen LogP contribution < -0.4 is 19.9 Å². The standard InChI is InChI=1S/C30H41BN3O3.2CH3.3Y/c1-5-6-17-34(4)26-14-15-28(27(19-26)33(2)3)37-22-25(21-35)32-29(36)30(31)16-10-13-24(20-30)18-23-11-8-7-9-12-23;;;;;/h6-9,11-12,14-15,19,21,24-25H,5,10,13,16-18,20,22H2,1-4H3,(H,32,36);2*1H3;;;/q3*-1;;;. The topological polar surface area (TPSA) is 61.9 Å². The van der Waals surface area contributed by atoms with Gasteiger partial charge in [0.1, 0.15) is 24.7 Å². The van der Waals surface area contributed by atoms with Gasteiger partial charge in [-0.05, 0) is 48.9 Å². The molecule has 0 bridgehead atoms. The predicted octanol–water partition coefficient (Wildman–Crippen LogP) is 5.52. The van der Waals surface area contributed by atoms with Gasteiger partial charge in [0.15, 0.2) is 0 Å². The van der Waals surface area contributed by atoms with Gasteiger partial charge in [-0.25, -0.2) is 0 Å². The van der Waals surface area contributed by atoms with Crippen molar-refractivity contribution in [1.29, 1.82) is 0 Å². The summed E-state index contributed by atoms with van der Waals surface area (Å²) in [7, 11) is 12.6. The molecule has 5 radical (unpaired) electrons. The summed E-state index contributed by atoms with van der Waals surface area (Å²) in [6, 6.07) is 15.5. The molecule has 1 aliphatic carbocycles. The van der Waals surface area contributed by atoms with Crippen LogP contribution in [0.1, 0.15) is 44.6 Å². The van der Waals surface area contributed by atoms with E-state index in [1.54, 1.807) is 0 Å². The Morgan fingerprint density at radius 3 is 2.40 bits per heavy atom. The van der Waals surface area contributed by atoms with Gasteiger partial charge in [-0.2, -0.15) is 6.42 Å². The van der Waals surface area contributed by atoms with Crippen molar-refractivity contribution in [2.45, 2.75) is 56.8 Å². The maximum atomic E-state index is 13.2. The van der Waals surface area contributed by atoms with Crippen molar-refractivity contribution in [3.05, 3.63) is 75.4 Å². The molecule has 3 rings (SSSR count). The number of carbonyl (C=O) groups excluding carboxylic acids is 2. The van der Waals surface area contributed by atoms with Crippen molar-refractivity contribution in [2.75, 3.05) is 44.1 Å². The molecule has 3 unspecified atom stereocenters. The second kappa shape index (κ2) is 23.7. The zero-order chi connectivity index (χ0) is 26.8. The minimum Gasteiger partial charge on any atom is -0.489 e. The molecule has 6 nitrogen and oxygen atoms in total. The number of carbonyl (C=O) groups is 2. The first-order chi connectivity index (χ1) is 17.8. The minimum atomic E-state index is -0.977. The Kier molecular flexibility index (Phi) is 26.3. The number of ether oxygens (including phenoxy) is 1. The van der Waals surface area contributed by atoms with Crippen LogP contribution in [0.2, 0.25) is 5.31 Å². The number of hydrogen-bond acceptors (Lipinski definition) is 5. The molecule has 0 spiro atoms. The van der Waals surface area contributed by atoms with Crippen LogP contribution in [-0.2, 0) is 114 Å². The first-order valence-electron chi connectivity index (χ1n) is 13.3. The molecule has 0 aliphatic heterocycles.